The molecule has 140 valence electrons. The molecule has 0 radical (unpaired) electrons. The number of carbonyl (C=O) groups excluding carboxylic acids is 1. The van der Waals surface area contributed by atoms with E-state index in [1.807, 2.05) is 6.92 Å². The smallest absolute Gasteiger partial charge is 0.251 e. The Balaban J connectivity index is 2.16. The van der Waals surface area contributed by atoms with Crippen molar-refractivity contribution in [2.75, 3.05) is 47.0 Å². The molecule has 1 aromatic carbocycles. The minimum Gasteiger partial charge on any atom is -0.497 e. The summed E-state index contributed by atoms with van der Waals surface area (Å²) >= 11 is 0. The third kappa shape index (κ3) is 8.95. The molecule has 0 fully saturated rings. The van der Waals surface area contributed by atoms with Crippen LogP contribution in [0.3, 0.4) is 0 Å². The zero-order valence-electron chi connectivity index (χ0n) is 15.4. The van der Waals surface area contributed by atoms with E-state index in [1.165, 1.54) is 0 Å². The van der Waals surface area contributed by atoms with Gasteiger partial charge in [-0.25, -0.2) is 0 Å². The second-order valence-electron chi connectivity index (χ2n) is 5.31. The van der Waals surface area contributed by atoms with E-state index in [1.54, 1.807) is 38.4 Å². The predicted octanol–water partition coefficient (Wildman–Crippen LogP) is 1.41. The minimum atomic E-state index is -0.108. The molecule has 1 aromatic rings. The summed E-state index contributed by atoms with van der Waals surface area (Å²) < 4.78 is 10.4. The number of guanidine groups is 1. The molecule has 0 aliphatic carbocycles. The van der Waals surface area contributed by atoms with E-state index in [4.69, 9.17) is 9.47 Å². The van der Waals surface area contributed by atoms with Crippen LogP contribution in [0.25, 0.3) is 0 Å². The molecular weight excluding hydrogens is 320 g/mol. The minimum absolute atomic E-state index is 0.108. The van der Waals surface area contributed by atoms with E-state index in [0.29, 0.717) is 18.7 Å². The van der Waals surface area contributed by atoms with E-state index in [2.05, 4.69) is 20.9 Å². The molecule has 0 aromatic heterocycles. The van der Waals surface area contributed by atoms with Crippen molar-refractivity contribution in [3.05, 3.63) is 29.8 Å². The van der Waals surface area contributed by atoms with Crippen molar-refractivity contribution in [2.24, 2.45) is 4.99 Å². The number of aliphatic imine (C=N–C) groups is 1. The van der Waals surface area contributed by atoms with E-state index in [-0.39, 0.29) is 5.91 Å². The van der Waals surface area contributed by atoms with Crippen LogP contribution in [-0.4, -0.2) is 58.9 Å². The highest BCUT2D eigenvalue weighted by Crippen LogP contribution is 2.10. The topological polar surface area (TPSA) is 84.0 Å². The molecular formula is C18H30N4O3. The Bertz CT molecular complexity index is 518. The van der Waals surface area contributed by atoms with Gasteiger partial charge in [-0.15, -0.1) is 0 Å². The molecule has 0 spiro atoms. The average molecular weight is 350 g/mol. The molecule has 0 atom stereocenters. The summed E-state index contributed by atoms with van der Waals surface area (Å²) in [6, 6.07) is 7.02. The van der Waals surface area contributed by atoms with Gasteiger partial charge in [-0.3, -0.25) is 9.79 Å². The molecule has 0 unspecified atom stereocenters. The van der Waals surface area contributed by atoms with Gasteiger partial charge in [-0.2, -0.15) is 0 Å². The summed E-state index contributed by atoms with van der Waals surface area (Å²) in [5.41, 5.74) is 0.609. The van der Waals surface area contributed by atoms with Gasteiger partial charge in [0.15, 0.2) is 5.96 Å². The molecule has 7 nitrogen and oxygen atoms in total. The zero-order valence-corrected chi connectivity index (χ0v) is 15.4. The lowest BCUT2D eigenvalue weighted by Gasteiger charge is -2.12. The van der Waals surface area contributed by atoms with E-state index < -0.39 is 0 Å². The van der Waals surface area contributed by atoms with Gasteiger partial charge in [-0.1, -0.05) is 0 Å². The standard InChI is InChI=1S/C18H30N4O3/c1-4-25-14-6-5-11-21-18(19-2)22-13-12-20-17(23)15-7-9-16(24-3)10-8-15/h7-10H,4-6,11-14H2,1-3H3,(H,20,23)(H2,19,21,22). The maximum atomic E-state index is 12.0. The van der Waals surface area contributed by atoms with Gasteiger partial charge in [0.25, 0.3) is 5.91 Å². The van der Waals surface area contributed by atoms with Crippen LogP contribution < -0.4 is 20.7 Å². The molecule has 0 saturated heterocycles. The first kappa shape index (κ1) is 20.8. The quantitative estimate of drug-likeness (QED) is 0.319. The van der Waals surface area contributed by atoms with Gasteiger partial charge >= 0.3 is 0 Å². The third-order valence-electron chi connectivity index (χ3n) is 3.49. The molecule has 0 aliphatic heterocycles. The molecule has 0 saturated carbocycles. The fourth-order valence-corrected chi connectivity index (χ4v) is 2.10. The van der Waals surface area contributed by atoms with Gasteiger partial charge in [0.1, 0.15) is 5.75 Å². The van der Waals surface area contributed by atoms with Gasteiger partial charge in [0.2, 0.25) is 0 Å². The number of nitrogens with zero attached hydrogens (tertiary/aromatic N) is 1. The van der Waals surface area contributed by atoms with Crippen LogP contribution in [0.5, 0.6) is 5.75 Å². The fourth-order valence-electron chi connectivity index (χ4n) is 2.10. The maximum absolute atomic E-state index is 12.0. The fraction of sp³-hybridized carbons (Fsp3) is 0.556. The van der Waals surface area contributed by atoms with E-state index in [0.717, 1.165) is 44.3 Å². The number of unbranched alkanes of at least 4 members (excludes halogenated alkanes) is 1. The highest BCUT2D eigenvalue weighted by Gasteiger charge is 2.05. The van der Waals surface area contributed by atoms with Crippen LogP contribution in [0, 0.1) is 0 Å². The monoisotopic (exact) mass is 350 g/mol. The number of rotatable bonds is 11. The second kappa shape index (κ2) is 13.1. The Morgan fingerprint density at radius 3 is 2.36 bits per heavy atom. The molecule has 25 heavy (non-hydrogen) atoms. The number of nitrogens with one attached hydrogen (secondary N) is 3. The van der Waals surface area contributed by atoms with Gasteiger partial charge in [0, 0.05) is 45.5 Å². The number of hydrogen-bond donors (Lipinski definition) is 3. The summed E-state index contributed by atoms with van der Waals surface area (Å²) in [4.78, 5) is 16.2. The van der Waals surface area contributed by atoms with Crippen molar-refractivity contribution in [3.63, 3.8) is 0 Å². The SMILES string of the molecule is CCOCCCCNC(=NC)NCCNC(=O)c1ccc(OC)cc1. The molecule has 7 heteroatoms. The van der Waals surface area contributed by atoms with Crippen molar-refractivity contribution in [1.29, 1.82) is 0 Å². The van der Waals surface area contributed by atoms with Crippen molar-refractivity contribution >= 4 is 11.9 Å². The first-order valence-corrected chi connectivity index (χ1v) is 8.65. The molecule has 3 N–H and O–H groups in total. The van der Waals surface area contributed by atoms with Crippen LogP contribution in [0.15, 0.2) is 29.3 Å². The number of methoxy groups -OCH3 is 1. The molecule has 1 amide bonds. The van der Waals surface area contributed by atoms with Crippen molar-refractivity contribution in [2.45, 2.75) is 19.8 Å². The summed E-state index contributed by atoms with van der Waals surface area (Å²) in [5, 5.41) is 9.27. The molecule has 0 heterocycles. The van der Waals surface area contributed by atoms with E-state index >= 15 is 0 Å². The summed E-state index contributed by atoms with van der Waals surface area (Å²) in [6.07, 6.45) is 2.05. The lowest BCUT2D eigenvalue weighted by molar-refractivity contribution is 0.0954. The van der Waals surface area contributed by atoms with Gasteiger partial charge in [-0.05, 0) is 44.0 Å². The summed E-state index contributed by atoms with van der Waals surface area (Å²) in [5.74, 6) is 1.35. The van der Waals surface area contributed by atoms with Crippen LogP contribution >= 0.6 is 0 Å². The number of ether oxygens (including phenoxy) is 2. The molecule has 0 aliphatic rings. The predicted molar refractivity (Wildman–Crippen MR) is 100 cm³/mol. The van der Waals surface area contributed by atoms with Crippen molar-refractivity contribution in [3.8, 4) is 5.75 Å². The van der Waals surface area contributed by atoms with E-state index in [9.17, 15) is 4.79 Å². The lowest BCUT2D eigenvalue weighted by Crippen LogP contribution is -2.41. The highest BCUT2D eigenvalue weighted by atomic mass is 16.5. The molecule has 1 rings (SSSR count). The first-order valence-electron chi connectivity index (χ1n) is 8.65. The molecule has 0 bridgehead atoms. The summed E-state index contributed by atoms with van der Waals surface area (Å²) in [6.45, 7) is 5.50. The van der Waals surface area contributed by atoms with Gasteiger partial charge < -0.3 is 25.4 Å². The highest BCUT2D eigenvalue weighted by molar-refractivity contribution is 5.94. The normalized spacial score (nSPS) is 11.1. The number of amides is 1. The Morgan fingerprint density at radius 1 is 1.04 bits per heavy atom. The zero-order chi connectivity index (χ0) is 18.3. The number of hydrogen-bond acceptors (Lipinski definition) is 4. The van der Waals surface area contributed by atoms with Crippen LogP contribution in [0.2, 0.25) is 0 Å². The Morgan fingerprint density at radius 2 is 1.72 bits per heavy atom. The Kier molecular flexibility index (Phi) is 10.8. The largest absolute Gasteiger partial charge is 0.497 e. The lowest BCUT2D eigenvalue weighted by atomic mass is 10.2. The van der Waals surface area contributed by atoms with Crippen molar-refractivity contribution < 1.29 is 14.3 Å². The number of benzene rings is 1. The maximum Gasteiger partial charge on any atom is 0.251 e. The second-order valence-corrected chi connectivity index (χ2v) is 5.31. The van der Waals surface area contributed by atoms with Crippen LogP contribution in [-0.2, 0) is 4.74 Å². The van der Waals surface area contributed by atoms with Crippen LogP contribution in [0.4, 0.5) is 0 Å². The van der Waals surface area contributed by atoms with Crippen LogP contribution in [0.1, 0.15) is 30.1 Å². The first-order chi connectivity index (χ1) is 12.2. The Hall–Kier alpha value is -2.28. The average Bonchev–Trinajstić information content (AvgIpc) is 2.66. The Labute approximate surface area is 150 Å². The van der Waals surface area contributed by atoms with Crippen molar-refractivity contribution in [1.82, 2.24) is 16.0 Å². The van der Waals surface area contributed by atoms with Gasteiger partial charge in [0.05, 0.1) is 7.11 Å². The number of carbonyl (C=O) groups is 1. The summed E-state index contributed by atoms with van der Waals surface area (Å²) in [7, 11) is 3.33. The third-order valence-corrected chi connectivity index (χ3v) is 3.49.